The third kappa shape index (κ3) is 2.53. The summed E-state index contributed by atoms with van der Waals surface area (Å²) in [5.41, 5.74) is 0.519. The van der Waals surface area contributed by atoms with Crippen LogP contribution in [0.5, 0.6) is 11.5 Å². The molecule has 0 fully saturated rings. The Morgan fingerprint density at radius 3 is 2.58 bits per heavy atom. The zero-order valence-corrected chi connectivity index (χ0v) is 11.4. The first-order chi connectivity index (χ1) is 8.83. The number of methoxy groups -OCH3 is 1. The molecule has 7 nitrogen and oxygen atoms in total. The highest BCUT2D eigenvalue weighted by molar-refractivity contribution is 7.86. The molecule has 0 unspecified atom stereocenters. The second kappa shape index (κ2) is 4.54. The first kappa shape index (κ1) is 13.3. The van der Waals surface area contributed by atoms with Gasteiger partial charge in [0.15, 0.2) is 11.5 Å². The van der Waals surface area contributed by atoms with E-state index in [0.717, 1.165) is 6.26 Å². The summed E-state index contributed by atoms with van der Waals surface area (Å²) >= 11 is 0. The molecule has 0 aliphatic carbocycles. The van der Waals surface area contributed by atoms with Crippen LogP contribution >= 0.6 is 0 Å². The van der Waals surface area contributed by atoms with Crippen LogP contribution in [-0.2, 0) is 10.1 Å². The number of hydrogen-bond acceptors (Lipinski definition) is 6. The predicted octanol–water partition coefficient (Wildman–Crippen LogP) is 1.04. The van der Waals surface area contributed by atoms with Crippen molar-refractivity contribution in [3.63, 3.8) is 0 Å². The Hall–Kier alpha value is -2.09. The van der Waals surface area contributed by atoms with Crippen molar-refractivity contribution in [2.24, 2.45) is 0 Å². The molecule has 0 atom stereocenters. The maximum absolute atomic E-state index is 11.4. The molecule has 2 rings (SSSR count). The fourth-order valence-corrected chi connectivity index (χ4v) is 2.20. The largest absolute Gasteiger partial charge is 0.492 e. The summed E-state index contributed by atoms with van der Waals surface area (Å²) in [4.78, 5) is 11.4. The van der Waals surface area contributed by atoms with Crippen LogP contribution in [0.1, 0.15) is 11.7 Å². The Labute approximate surface area is 109 Å². The molecule has 0 aliphatic heterocycles. The normalized spacial score (nSPS) is 11.5. The molecular formula is C11H12N2O5S. The molecular weight excluding hydrogens is 272 g/mol. The number of ether oxygens (including phenoxy) is 1. The molecule has 2 aromatic rings. The standard InChI is InChI=1S/C11H12N2O5S/c1-7(14)13-9-4-5-10(18-19(3,15)16)11(17-2)8(9)6-12-13/h4-6H,1-3H3. The van der Waals surface area contributed by atoms with Crippen molar-refractivity contribution in [3.05, 3.63) is 18.3 Å². The van der Waals surface area contributed by atoms with Crippen LogP contribution in [0.4, 0.5) is 0 Å². The number of fused-ring (bicyclic) bond motifs is 1. The zero-order chi connectivity index (χ0) is 14.2. The van der Waals surface area contributed by atoms with E-state index in [9.17, 15) is 13.2 Å². The Kier molecular flexibility index (Phi) is 3.19. The van der Waals surface area contributed by atoms with E-state index in [2.05, 4.69) is 5.10 Å². The lowest BCUT2D eigenvalue weighted by atomic mass is 10.2. The monoisotopic (exact) mass is 284 g/mol. The highest BCUT2D eigenvalue weighted by Gasteiger charge is 2.17. The van der Waals surface area contributed by atoms with E-state index in [-0.39, 0.29) is 17.4 Å². The van der Waals surface area contributed by atoms with Crippen LogP contribution in [0.2, 0.25) is 0 Å². The Bertz CT molecular complexity index is 748. The van der Waals surface area contributed by atoms with Crippen molar-refractivity contribution < 1.29 is 22.1 Å². The lowest BCUT2D eigenvalue weighted by Crippen LogP contribution is -2.08. The molecule has 1 heterocycles. The van der Waals surface area contributed by atoms with Crippen molar-refractivity contribution in [2.45, 2.75) is 6.92 Å². The van der Waals surface area contributed by atoms with Gasteiger partial charge in [-0.2, -0.15) is 13.5 Å². The van der Waals surface area contributed by atoms with Gasteiger partial charge in [-0.3, -0.25) is 4.79 Å². The Balaban J connectivity index is 2.67. The van der Waals surface area contributed by atoms with Crippen LogP contribution in [0.3, 0.4) is 0 Å². The van der Waals surface area contributed by atoms with E-state index in [4.69, 9.17) is 8.92 Å². The molecule has 1 aromatic carbocycles. The van der Waals surface area contributed by atoms with Crippen LogP contribution in [0.25, 0.3) is 10.9 Å². The minimum absolute atomic E-state index is 0.0561. The van der Waals surface area contributed by atoms with Crippen LogP contribution in [-0.4, -0.2) is 37.5 Å². The van der Waals surface area contributed by atoms with Gasteiger partial charge in [-0.05, 0) is 12.1 Å². The van der Waals surface area contributed by atoms with Gasteiger partial charge in [0, 0.05) is 6.92 Å². The topological polar surface area (TPSA) is 87.5 Å². The summed E-state index contributed by atoms with van der Waals surface area (Å²) in [5, 5.41) is 4.42. The predicted molar refractivity (Wildman–Crippen MR) is 68.1 cm³/mol. The number of benzene rings is 1. The van der Waals surface area contributed by atoms with Gasteiger partial charge in [-0.1, -0.05) is 0 Å². The summed E-state index contributed by atoms with van der Waals surface area (Å²) in [6.45, 7) is 1.37. The van der Waals surface area contributed by atoms with E-state index in [1.807, 2.05) is 0 Å². The Morgan fingerprint density at radius 1 is 1.37 bits per heavy atom. The quantitative estimate of drug-likeness (QED) is 0.783. The second-order valence-electron chi connectivity index (χ2n) is 3.89. The van der Waals surface area contributed by atoms with Gasteiger partial charge >= 0.3 is 10.1 Å². The average molecular weight is 284 g/mol. The van der Waals surface area contributed by atoms with E-state index in [1.54, 1.807) is 6.07 Å². The number of aromatic nitrogens is 2. The van der Waals surface area contributed by atoms with Crippen LogP contribution < -0.4 is 8.92 Å². The van der Waals surface area contributed by atoms with Gasteiger partial charge in [0.2, 0.25) is 5.91 Å². The first-order valence-corrected chi connectivity index (χ1v) is 7.10. The molecule has 0 N–H and O–H groups in total. The molecule has 0 aliphatic rings. The minimum atomic E-state index is -3.66. The number of nitrogens with zero attached hydrogens (tertiary/aromatic N) is 2. The third-order valence-corrected chi connectivity index (χ3v) is 2.89. The molecule has 0 saturated heterocycles. The first-order valence-electron chi connectivity index (χ1n) is 5.28. The van der Waals surface area contributed by atoms with Crippen LogP contribution in [0, 0.1) is 0 Å². The summed E-state index contributed by atoms with van der Waals surface area (Å²) in [6.07, 6.45) is 2.36. The third-order valence-electron chi connectivity index (χ3n) is 2.41. The molecule has 0 radical (unpaired) electrons. The molecule has 1 aromatic heterocycles. The van der Waals surface area contributed by atoms with Gasteiger partial charge < -0.3 is 8.92 Å². The minimum Gasteiger partial charge on any atom is -0.492 e. The van der Waals surface area contributed by atoms with Crippen molar-refractivity contribution in [1.29, 1.82) is 0 Å². The smallest absolute Gasteiger partial charge is 0.306 e. The molecule has 0 saturated carbocycles. The van der Waals surface area contributed by atoms with Crippen molar-refractivity contribution in [3.8, 4) is 11.5 Å². The summed E-state index contributed by atoms with van der Waals surface area (Å²) in [6, 6.07) is 2.97. The highest BCUT2D eigenvalue weighted by Crippen LogP contribution is 2.35. The maximum Gasteiger partial charge on any atom is 0.306 e. The lowest BCUT2D eigenvalue weighted by Gasteiger charge is -2.09. The summed E-state index contributed by atoms with van der Waals surface area (Å²) < 4.78 is 33.5. The molecule has 0 spiro atoms. The van der Waals surface area contributed by atoms with E-state index >= 15 is 0 Å². The molecule has 19 heavy (non-hydrogen) atoms. The molecule has 8 heteroatoms. The van der Waals surface area contributed by atoms with Crippen molar-refractivity contribution in [1.82, 2.24) is 9.78 Å². The van der Waals surface area contributed by atoms with Crippen molar-refractivity contribution in [2.75, 3.05) is 13.4 Å². The van der Waals surface area contributed by atoms with Gasteiger partial charge in [0.1, 0.15) is 0 Å². The number of carbonyl (C=O) groups excluding carboxylic acids is 1. The van der Waals surface area contributed by atoms with Crippen molar-refractivity contribution >= 4 is 26.9 Å². The summed E-state index contributed by atoms with van der Waals surface area (Å²) in [5.74, 6) is 0.0184. The number of carbonyl (C=O) groups is 1. The maximum atomic E-state index is 11.4. The fraction of sp³-hybridized carbons (Fsp3) is 0.273. The van der Waals surface area contributed by atoms with E-state index in [0.29, 0.717) is 10.9 Å². The van der Waals surface area contributed by atoms with Gasteiger partial charge in [0.05, 0.1) is 30.5 Å². The molecule has 102 valence electrons. The molecule has 0 amide bonds. The lowest BCUT2D eigenvalue weighted by molar-refractivity contribution is 0.0926. The zero-order valence-electron chi connectivity index (χ0n) is 10.6. The van der Waals surface area contributed by atoms with Gasteiger partial charge in [-0.25, -0.2) is 4.68 Å². The fourth-order valence-electron chi connectivity index (χ4n) is 1.75. The highest BCUT2D eigenvalue weighted by atomic mass is 32.2. The van der Waals surface area contributed by atoms with E-state index < -0.39 is 10.1 Å². The Morgan fingerprint density at radius 2 is 2.05 bits per heavy atom. The number of hydrogen-bond donors (Lipinski definition) is 0. The summed E-state index contributed by atoms with van der Waals surface area (Å²) in [7, 11) is -2.28. The van der Waals surface area contributed by atoms with Crippen LogP contribution in [0.15, 0.2) is 18.3 Å². The van der Waals surface area contributed by atoms with Gasteiger partial charge in [0.25, 0.3) is 0 Å². The average Bonchev–Trinajstić information content (AvgIpc) is 2.70. The number of rotatable bonds is 3. The molecule has 0 bridgehead atoms. The van der Waals surface area contributed by atoms with Gasteiger partial charge in [-0.15, -0.1) is 0 Å². The second-order valence-corrected chi connectivity index (χ2v) is 5.47. The SMILES string of the molecule is COc1c(OS(C)(=O)=O)ccc2c1cnn2C(C)=O. The van der Waals surface area contributed by atoms with E-state index in [1.165, 1.54) is 31.0 Å².